The van der Waals surface area contributed by atoms with E-state index in [4.69, 9.17) is 4.42 Å². The average molecular weight is 696 g/mol. The van der Waals surface area contributed by atoms with E-state index >= 15 is 0 Å². The van der Waals surface area contributed by atoms with Gasteiger partial charge in [-0.25, -0.2) is 0 Å². The minimum absolute atomic E-state index is 0.430. The van der Waals surface area contributed by atoms with E-state index in [9.17, 15) is 0 Å². The molecule has 2 heterocycles. The first kappa shape index (κ1) is 30.3. The molecule has 3 heteroatoms. The van der Waals surface area contributed by atoms with Crippen LogP contribution >= 0.6 is 11.8 Å². The third-order valence-corrected chi connectivity index (χ3v) is 12.2. The van der Waals surface area contributed by atoms with E-state index in [2.05, 4.69) is 181 Å². The Hall–Kier alpha value is -6.29. The molecule has 1 aromatic heterocycles. The summed E-state index contributed by atoms with van der Waals surface area (Å²) < 4.78 is 6.23. The highest BCUT2D eigenvalue weighted by molar-refractivity contribution is 8.03. The Labute approximate surface area is 312 Å². The van der Waals surface area contributed by atoms with Crippen molar-refractivity contribution in [2.45, 2.75) is 17.2 Å². The van der Waals surface area contributed by atoms with Crippen LogP contribution in [-0.4, -0.2) is 0 Å². The largest absolute Gasteiger partial charge is 0.456 e. The van der Waals surface area contributed by atoms with Gasteiger partial charge in [0.1, 0.15) is 11.2 Å². The molecule has 8 aromatic carbocycles. The predicted octanol–water partition coefficient (Wildman–Crippen LogP) is 14.4. The molecule has 250 valence electrons. The zero-order valence-electron chi connectivity index (χ0n) is 28.9. The van der Waals surface area contributed by atoms with Crippen LogP contribution in [0.2, 0.25) is 0 Å². The summed E-state index contributed by atoms with van der Waals surface area (Å²) in [5, 5.41) is 7.19. The first-order chi connectivity index (χ1) is 26.2. The second-order valence-electron chi connectivity index (χ2n) is 14.0. The second kappa shape index (κ2) is 12.2. The highest BCUT2D eigenvalue weighted by atomic mass is 32.2. The van der Waals surface area contributed by atoms with Gasteiger partial charge in [-0.3, -0.25) is 0 Å². The topological polar surface area (TPSA) is 16.4 Å². The summed E-state index contributed by atoms with van der Waals surface area (Å²) >= 11 is 1.92. The highest BCUT2D eigenvalue weighted by Crippen LogP contribution is 2.53. The molecule has 1 atom stereocenters. The molecule has 0 N–H and O–H groups in total. The number of hydrogen-bond donors (Lipinski definition) is 0. The number of rotatable bonds is 5. The average Bonchev–Trinajstić information content (AvgIpc) is 3.79. The van der Waals surface area contributed by atoms with Crippen LogP contribution in [0, 0.1) is 0 Å². The Bertz CT molecular complexity index is 2970. The van der Waals surface area contributed by atoms with E-state index in [1.54, 1.807) is 0 Å². The van der Waals surface area contributed by atoms with Crippen molar-refractivity contribution in [3.05, 3.63) is 198 Å². The van der Waals surface area contributed by atoms with Crippen molar-refractivity contribution in [1.29, 1.82) is 0 Å². The first-order valence-electron chi connectivity index (χ1n) is 18.3. The molecule has 9 aromatic rings. The summed E-state index contributed by atoms with van der Waals surface area (Å²) in [5.41, 5.74) is 11.7. The molecule has 11 rings (SSSR count). The molecule has 0 saturated carbocycles. The van der Waals surface area contributed by atoms with Crippen LogP contribution in [0.1, 0.15) is 17.9 Å². The minimum Gasteiger partial charge on any atom is -0.456 e. The molecule has 53 heavy (non-hydrogen) atoms. The lowest BCUT2D eigenvalue weighted by Crippen LogP contribution is -2.18. The van der Waals surface area contributed by atoms with Crippen LogP contribution in [0.15, 0.2) is 202 Å². The van der Waals surface area contributed by atoms with Gasteiger partial charge in [-0.2, -0.15) is 0 Å². The third-order valence-electron chi connectivity index (χ3n) is 11.0. The van der Waals surface area contributed by atoms with Gasteiger partial charge in [0.15, 0.2) is 0 Å². The summed E-state index contributed by atoms with van der Waals surface area (Å²) in [5.74, 6) is 0.430. The molecule has 0 saturated heterocycles. The maximum Gasteiger partial charge on any atom is 0.136 e. The Morgan fingerprint density at radius 1 is 0.547 bits per heavy atom. The fraction of sp³-hybridized carbons (Fsp3) is 0.0400. The van der Waals surface area contributed by atoms with Crippen LogP contribution in [0.25, 0.3) is 65.7 Å². The van der Waals surface area contributed by atoms with Crippen molar-refractivity contribution < 1.29 is 4.42 Å². The maximum absolute atomic E-state index is 6.23. The fourth-order valence-electron chi connectivity index (χ4n) is 8.42. The molecule has 1 aliphatic heterocycles. The van der Waals surface area contributed by atoms with Gasteiger partial charge in [-0.1, -0.05) is 139 Å². The summed E-state index contributed by atoms with van der Waals surface area (Å²) in [6.45, 7) is 0. The third kappa shape index (κ3) is 5.03. The normalized spacial score (nSPS) is 15.1. The number of anilines is 2. The zero-order valence-corrected chi connectivity index (χ0v) is 29.7. The zero-order chi connectivity index (χ0) is 34.9. The molecule has 2 nitrogen and oxygen atoms in total. The molecule has 2 aliphatic rings. The summed E-state index contributed by atoms with van der Waals surface area (Å²) in [7, 11) is 0. The standard InChI is InChI=1S/C50H33NOS/c1-2-10-32(11-3-1)40-12-4-7-15-45(40)51(39-25-26-42-41-13-6-9-17-48(41)53-49(42)31-39)38-24-22-35-28-34(20-21-36(35)29-38)37-19-18-33-23-27-47-50(44(33)30-37)43-14-5-8-16-46(43)52-47/h1-25,27-31,42H,26H2. The summed E-state index contributed by atoms with van der Waals surface area (Å²) in [6.07, 6.45) is 5.85. The van der Waals surface area contributed by atoms with Crippen LogP contribution in [0.3, 0.4) is 0 Å². The quantitative estimate of drug-likeness (QED) is 0.178. The lowest BCUT2D eigenvalue weighted by molar-refractivity contribution is 0.669. The van der Waals surface area contributed by atoms with Gasteiger partial charge < -0.3 is 9.32 Å². The van der Waals surface area contributed by atoms with Crippen LogP contribution in [-0.2, 0) is 0 Å². The number of para-hydroxylation sites is 2. The van der Waals surface area contributed by atoms with Crippen LogP contribution in [0.4, 0.5) is 11.4 Å². The van der Waals surface area contributed by atoms with Crippen LogP contribution < -0.4 is 4.90 Å². The summed E-state index contributed by atoms with van der Waals surface area (Å²) in [6, 6.07) is 61.6. The molecule has 1 unspecified atom stereocenters. The molecular weight excluding hydrogens is 663 g/mol. The van der Waals surface area contributed by atoms with Crippen molar-refractivity contribution in [2.75, 3.05) is 4.90 Å². The van der Waals surface area contributed by atoms with Crippen molar-refractivity contribution in [1.82, 2.24) is 0 Å². The van der Waals surface area contributed by atoms with E-state index in [0.29, 0.717) is 5.92 Å². The van der Waals surface area contributed by atoms with Crippen molar-refractivity contribution >= 4 is 66.6 Å². The molecule has 0 spiro atoms. The van der Waals surface area contributed by atoms with E-state index in [0.717, 1.165) is 28.7 Å². The minimum atomic E-state index is 0.430. The second-order valence-corrected chi connectivity index (χ2v) is 15.2. The van der Waals surface area contributed by atoms with Crippen molar-refractivity contribution in [3.8, 4) is 22.3 Å². The Kier molecular flexibility index (Phi) is 6.96. The maximum atomic E-state index is 6.23. The summed E-state index contributed by atoms with van der Waals surface area (Å²) in [4.78, 5) is 5.27. The first-order valence-corrected chi connectivity index (χ1v) is 19.1. The van der Waals surface area contributed by atoms with Gasteiger partial charge in [-0.05, 0) is 110 Å². The Balaban J connectivity index is 1.02. The van der Waals surface area contributed by atoms with Crippen molar-refractivity contribution in [3.63, 3.8) is 0 Å². The lowest BCUT2D eigenvalue weighted by Gasteiger charge is -2.31. The molecule has 1 aliphatic carbocycles. The molecular formula is C50H33NOS. The fourth-order valence-corrected chi connectivity index (χ4v) is 9.69. The SMILES string of the molecule is C1=C2Sc3ccccc3C2CC=C1N(c1ccc2cc(-c3ccc4ccc5oc6ccccc6c5c4c3)ccc2c1)c1ccccc1-c1ccccc1. The number of hydrogen-bond acceptors (Lipinski definition) is 3. The number of thioether (sulfide) groups is 1. The van der Waals surface area contributed by atoms with E-state index in [1.807, 2.05) is 17.8 Å². The number of nitrogens with zero attached hydrogens (tertiary/aromatic N) is 1. The molecule has 0 fully saturated rings. The predicted molar refractivity (Wildman–Crippen MR) is 224 cm³/mol. The van der Waals surface area contributed by atoms with Gasteiger partial charge in [0.05, 0.1) is 5.69 Å². The molecule has 0 bridgehead atoms. The van der Waals surface area contributed by atoms with Crippen molar-refractivity contribution in [2.24, 2.45) is 0 Å². The molecule has 0 amide bonds. The smallest absolute Gasteiger partial charge is 0.136 e. The number of fused-ring (bicyclic) bond motifs is 9. The van der Waals surface area contributed by atoms with E-state index in [-0.39, 0.29) is 0 Å². The van der Waals surface area contributed by atoms with Gasteiger partial charge >= 0.3 is 0 Å². The number of furan rings is 1. The lowest BCUT2D eigenvalue weighted by atomic mass is 9.91. The van der Waals surface area contributed by atoms with Gasteiger partial charge in [0, 0.05) is 38.5 Å². The van der Waals surface area contributed by atoms with Gasteiger partial charge in [-0.15, -0.1) is 0 Å². The monoisotopic (exact) mass is 695 g/mol. The van der Waals surface area contributed by atoms with Gasteiger partial charge in [0.25, 0.3) is 0 Å². The van der Waals surface area contributed by atoms with E-state index < -0.39 is 0 Å². The highest BCUT2D eigenvalue weighted by Gasteiger charge is 2.31. The Morgan fingerprint density at radius 2 is 1.28 bits per heavy atom. The number of benzene rings is 8. The molecule has 0 radical (unpaired) electrons. The number of allylic oxidation sites excluding steroid dienone is 3. The van der Waals surface area contributed by atoms with Gasteiger partial charge in [0.2, 0.25) is 0 Å². The Morgan fingerprint density at radius 3 is 2.23 bits per heavy atom. The van der Waals surface area contributed by atoms with Crippen LogP contribution in [0.5, 0.6) is 0 Å². The van der Waals surface area contributed by atoms with E-state index in [1.165, 1.54) is 75.9 Å².